The first-order valence-corrected chi connectivity index (χ1v) is 10.9. The Bertz CT molecular complexity index is 1040. The summed E-state index contributed by atoms with van der Waals surface area (Å²) in [5.41, 5.74) is 5.50. The second-order valence-electron chi connectivity index (χ2n) is 7.09. The summed E-state index contributed by atoms with van der Waals surface area (Å²) in [6.45, 7) is 2.52. The second kappa shape index (κ2) is 9.27. The number of carbonyl (C=O) groups excluding carboxylic acids is 2. The van der Waals surface area contributed by atoms with E-state index in [4.69, 9.17) is 26.8 Å². The number of hydrogen-bond donors (Lipinski definition) is 2. The maximum atomic E-state index is 12.8. The number of halogens is 1. The molecule has 2 aromatic rings. The van der Waals surface area contributed by atoms with Crippen molar-refractivity contribution in [3.8, 4) is 11.6 Å². The van der Waals surface area contributed by atoms with E-state index in [0.29, 0.717) is 42.8 Å². The lowest BCUT2D eigenvalue weighted by Crippen LogP contribution is -2.50. The summed E-state index contributed by atoms with van der Waals surface area (Å²) in [5.74, 6) is 0.344. The van der Waals surface area contributed by atoms with E-state index in [1.807, 2.05) is 0 Å². The average Bonchev–Trinajstić information content (AvgIpc) is 3.15. The number of rotatable bonds is 4. The van der Waals surface area contributed by atoms with Crippen LogP contribution in [0.15, 0.2) is 29.6 Å². The molecule has 3 amide bonds. The highest BCUT2D eigenvalue weighted by Gasteiger charge is 2.41. The normalized spacial score (nSPS) is 18.4. The largest absolute Gasteiger partial charge is 0.508 e. The maximum absolute atomic E-state index is 12.8. The monoisotopic (exact) mass is 480 g/mol. The van der Waals surface area contributed by atoms with Crippen LogP contribution in [-0.4, -0.2) is 75.8 Å². The number of thioether (sulfide) groups is 1. The lowest BCUT2D eigenvalue weighted by Gasteiger charge is -2.35. The number of aromatic nitrogens is 2. The highest BCUT2D eigenvalue weighted by atomic mass is 35.5. The number of methoxy groups -OCH3 is 1. The van der Waals surface area contributed by atoms with Gasteiger partial charge >= 0.3 is 12.1 Å². The first-order chi connectivity index (χ1) is 15.4. The Balaban J connectivity index is 1.37. The molecular weight excluding hydrogens is 460 g/mol. The van der Waals surface area contributed by atoms with Crippen LogP contribution in [0.5, 0.6) is 11.6 Å². The highest BCUT2D eigenvalue weighted by molar-refractivity contribution is 8.00. The zero-order valence-corrected chi connectivity index (χ0v) is 18.7. The molecule has 11 nitrogen and oxygen atoms in total. The van der Waals surface area contributed by atoms with Crippen LogP contribution in [0.25, 0.3) is 0 Å². The van der Waals surface area contributed by atoms with Crippen LogP contribution < -0.4 is 15.4 Å². The molecular formula is C19H21ClN6O5S. The lowest BCUT2D eigenvalue weighted by atomic mass is 10.1. The van der Waals surface area contributed by atoms with E-state index in [1.165, 1.54) is 13.4 Å². The third kappa shape index (κ3) is 4.47. The molecule has 0 bridgehead atoms. The molecule has 1 fully saturated rings. The molecule has 1 unspecified atom stereocenters. The molecule has 0 aliphatic carbocycles. The van der Waals surface area contributed by atoms with Gasteiger partial charge in [0.2, 0.25) is 11.4 Å². The number of anilines is 1. The molecule has 1 saturated heterocycles. The van der Waals surface area contributed by atoms with Crippen LogP contribution in [0.3, 0.4) is 0 Å². The predicted octanol–water partition coefficient (Wildman–Crippen LogP) is 2.07. The number of benzene rings is 1. The fraction of sp³-hybridized carbons (Fsp3) is 0.368. The number of hydrogen-bond acceptors (Lipinski definition) is 9. The standard InChI is InChI=1S/C19H21ClN6O5S/c1-30-15-14-16(23-10-22-15)32-19(26(14)17(21)28)31-18(29)25-6-4-24(5-7-25)9-11-8-12(20)2-3-13(11)27/h2-3,8,10,19,27H,4-7,9H2,1H3,(H2,21,28). The fourth-order valence-electron chi connectivity index (χ4n) is 3.50. The number of carbonyl (C=O) groups is 2. The Morgan fingerprint density at radius 2 is 2.03 bits per heavy atom. The van der Waals surface area contributed by atoms with Gasteiger partial charge in [0.05, 0.1) is 7.11 Å². The van der Waals surface area contributed by atoms with Crippen LogP contribution in [0.1, 0.15) is 5.56 Å². The van der Waals surface area contributed by atoms with Gasteiger partial charge in [0.25, 0.3) is 0 Å². The van der Waals surface area contributed by atoms with Crippen LogP contribution in [-0.2, 0) is 11.3 Å². The number of nitrogens with two attached hydrogens (primary N) is 1. The van der Waals surface area contributed by atoms with Crippen molar-refractivity contribution in [2.75, 3.05) is 38.2 Å². The van der Waals surface area contributed by atoms with Crippen molar-refractivity contribution >= 4 is 41.2 Å². The number of amides is 3. The van der Waals surface area contributed by atoms with E-state index >= 15 is 0 Å². The van der Waals surface area contributed by atoms with Crippen molar-refractivity contribution in [3.63, 3.8) is 0 Å². The number of urea groups is 1. The number of fused-ring (bicyclic) bond motifs is 1. The van der Waals surface area contributed by atoms with Gasteiger partial charge in [-0.2, -0.15) is 4.98 Å². The van der Waals surface area contributed by atoms with E-state index in [1.54, 1.807) is 23.1 Å². The molecule has 0 saturated carbocycles. The summed E-state index contributed by atoms with van der Waals surface area (Å²) < 4.78 is 10.8. The summed E-state index contributed by atoms with van der Waals surface area (Å²) in [6, 6.07) is 4.10. The molecule has 1 atom stereocenters. The van der Waals surface area contributed by atoms with E-state index in [2.05, 4.69) is 14.9 Å². The van der Waals surface area contributed by atoms with Crippen molar-refractivity contribution in [1.82, 2.24) is 19.8 Å². The highest BCUT2D eigenvalue weighted by Crippen LogP contribution is 2.46. The molecule has 32 heavy (non-hydrogen) atoms. The molecule has 13 heteroatoms. The molecule has 3 heterocycles. The number of primary amides is 1. The van der Waals surface area contributed by atoms with E-state index in [-0.39, 0.29) is 17.3 Å². The summed E-state index contributed by atoms with van der Waals surface area (Å²) in [5, 5.41) is 11.0. The Hall–Kier alpha value is -2.96. The number of nitrogens with zero attached hydrogens (tertiary/aromatic N) is 5. The van der Waals surface area contributed by atoms with Gasteiger partial charge in [-0.15, -0.1) is 0 Å². The first-order valence-electron chi connectivity index (χ1n) is 9.67. The van der Waals surface area contributed by atoms with Gasteiger partial charge in [-0.1, -0.05) is 11.6 Å². The molecule has 1 aromatic carbocycles. The fourth-order valence-corrected chi connectivity index (χ4v) is 4.74. The van der Waals surface area contributed by atoms with Gasteiger partial charge in [-0.3, -0.25) is 4.90 Å². The minimum Gasteiger partial charge on any atom is -0.508 e. The van der Waals surface area contributed by atoms with Crippen LogP contribution in [0, 0.1) is 0 Å². The summed E-state index contributed by atoms with van der Waals surface area (Å²) in [6.07, 6.45) is 0.726. The average molecular weight is 481 g/mol. The van der Waals surface area contributed by atoms with Crippen molar-refractivity contribution in [3.05, 3.63) is 35.1 Å². The SMILES string of the molecule is COc1ncnc2c1N(C(N)=O)C(OC(=O)N1CCN(Cc3cc(Cl)ccc3O)CC1)S2. The minimum absolute atomic E-state index is 0.165. The molecule has 0 radical (unpaired) electrons. The Morgan fingerprint density at radius 1 is 1.28 bits per heavy atom. The summed E-state index contributed by atoms with van der Waals surface area (Å²) >= 11 is 7.09. The van der Waals surface area contributed by atoms with Crippen LogP contribution in [0.2, 0.25) is 5.02 Å². The van der Waals surface area contributed by atoms with Crippen molar-refractivity contribution in [2.45, 2.75) is 17.1 Å². The zero-order chi connectivity index (χ0) is 22.8. The quantitative estimate of drug-likeness (QED) is 0.630. The topological polar surface area (TPSA) is 134 Å². The second-order valence-corrected chi connectivity index (χ2v) is 8.55. The summed E-state index contributed by atoms with van der Waals surface area (Å²) in [4.78, 5) is 37.7. The third-order valence-corrected chi connectivity index (χ3v) is 6.38. The van der Waals surface area contributed by atoms with E-state index < -0.39 is 17.7 Å². The third-order valence-electron chi connectivity index (χ3n) is 5.12. The number of aromatic hydroxyl groups is 1. The van der Waals surface area contributed by atoms with E-state index in [9.17, 15) is 14.7 Å². The summed E-state index contributed by atoms with van der Waals surface area (Å²) in [7, 11) is 1.41. The minimum atomic E-state index is -1.01. The van der Waals surface area contributed by atoms with Gasteiger partial charge in [-0.05, 0) is 30.0 Å². The zero-order valence-electron chi connectivity index (χ0n) is 17.1. The Labute approximate surface area is 193 Å². The molecule has 3 N–H and O–H groups in total. The molecule has 0 spiro atoms. The molecule has 4 rings (SSSR count). The van der Waals surface area contributed by atoms with Gasteiger partial charge in [0, 0.05) is 43.3 Å². The number of piperazine rings is 1. The van der Waals surface area contributed by atoms with Crippen LogP contribution >= 0.6 is 23.4 Å². The smallest absolute Gasteiger partial charge is 0.412 e. The Morgan fingerprint density at radius 3 is 2.72 bits per heavy atom. The van der Waals surface area contributed by atoms with E-state index in [0.717, 1.165) is 22.2 Å². The van der Waals surface area contributed by atoms with Gasteiger partial charge in [-0.25, -0.2) is 19.5 Å². The number of phenols is 1. The van der Waals surface area contributed by atoms with Crippen LogP contribution in [0.4, 0.5) is 15.3 Å². The van der Waals surface area contributed by atoms with Crippen molar-refractivity contribution in [1.29, 1.82) is 0 Å². The molecule has 170 valence electrons. The number of phenolic OH excluding ortho intramolecular Hbond substituents is 1. The predicted molar refractivity (Wildman–Crippen MR) is 117 cm³/mol. The first kappa shape index (κ1) is 22.2. The lowest BCUT2D eigenvalue weighted by molar-refractivity contribution is 0.0688. The van der Waals surface area contributed by atoms with Crippen molar-refractivity contribution < 1.29 is 24.2 Å². The number of ether oxygens (including phenoxy) is 2. The molecule has 1 aromatic heterocycles. The molecule has 2 aliphatic heterocycles. The molecule has 2 aliphatic rings. The van der Waals surface area contributed by atoms with Gasteiger partial charge in [0.1, 0.15) is 22.8 Å². The van der Waals surface area contributed by atoms with Gasteiger partial charge < -0.3 is 25.2 Å². The maximum Gasteiger partial charge on any atom is 0.412 e. The van der Waals surface area contributed by atoms with Crippen molar-refractivity contribution in [2.24, 2.45) is 5.73 Å². The van der Waals surface area contributed by atoms with Gasteiger partial charge in [0.15, 0.2) is 0 Å². The Kier molecular flexibility index (Phi) is 6.44.